The maximum Gasteiger partial charge on any atom is 0.274 e. The maximum absolute atomic E-state index is 13.1. The first-order chi connectivity index (χ1) is 14.8. The minimum Gasteiger partial charge on any atom is -0.460 e. The van der Waals surface area contributed by atoms with E-state index in [9.17, 15) is 14.9 Å². The third kappa shape index (κ3) is 4.09. The molecule has 31 heavy (non-hydrogen) atoms. The van der Waals surface area contributed by atoms with Crippen LogP contribution >= 0.6 is 0 Å². The largest absolute Gasteiger partial charge is 0.460 e. The topological polar surface area (TPSA) is 103 Å². The van der Waals surface area contributed by atoms with E-state index in [1.807, 2.05) is 39.0 Å². The zero-order chi connectivity index (χ0) is 22.1. The molecule has 4 aromatic rings. The standard InChI is InChI=1S/C23H20N4O4/c1-14-7-9-17(11-15(14)2)24-23(28)21-13-20(22-10-8-16(3)31-22)25-26(21)18-5-4-6-19(12-18)27(29)30/h4-13H,1-3H3,(H,24,28). The number of carbonyl (C=O) groups is 1. The second-order valence-electron chi connectivity index (χ2n) is 7.27. The van der Waals surface area contributed by atoms with Gasteiger partial charge >= 0.3 is 0 Å². The van der Waals surface area contributed by atoms with Crippen LogP contribution in [0.15, 0.2) is 65.1 Å². The van der Waals surface area contributed by atoms with Gasteiger partial charge in [-0.15, -0.1) is 0 Å². The summed E-state index contributed by atoms with van der Waals surface area (Å²) in [6, 6.07) is 16.8. The Morgan fingerprint density at radius 1 is 1.03 bits per heavy atom. The molecular weight excluding hydrogens is 396 g/mol. The number of furan rings is 1. The molecule has 0 aliphatic rings. The molecule has 0 bridgehead atoms. The van der Waals surface area contributed by atoms with E-state index in [4.69, 9.17) is 4.42 Å². The van der Waals surface area contributed by atoms with Crippen LogP contribution in [0.2, 0.25) is 0 Å². The molecule has 1 N–H and O–H groups in total. The Bertz CT molecular complexity index is 1300. The summed E-state index contributed by atoms with van der Waals surface area (Å²) in [7, 11) is 0. The number of nitrogens with one attached hydrogen (secondary N) is 1. The van der Waals surface area contributed by atoms with Gasteiger partial charge in [0.25, 0.3) is 11.6 Å². The van der Waals surface area contributed by atoms with Gasteiger partial charge in [-0.25, -0.2) is 4.68 Å². The molecule has 0 unspecified atom stereocenters. The second-order valence-corrected chi connectivity index (χ2v) is 7.27. The first-order valence-electron chi connectivity index (χ1n) is 9.62. The fourth-order valence-corrected chi connectivity index (χ4v) is 3.18. The smallest absolute Gasteiger partial charge is 0.274 e. The fraction of sp³-hybridized carbons (Fsp3) is 0.130. The van der Waals surface area contributed by atoms with E-state index in [-0.39, 0.29) is 11.4 Å². The van der Waals surface area contributed by atoms with Crippen molar-refractivity contribution in [2.75, 3.05) is 5.32 Å². The molecule has 8 nitrogen and oxygen atoms in total. The summed E-state index contributed by atoms with van der Waals surface area (Å²) in [4.78, 5) is 23.9. The number of aryl methyl sites for hydroxylation is 3. The lowest BCUT2D eigenvalue weighted by atomic mass is 10.1. The average molecular weight is 416 g/mol. The van der Waals surface area contributed by atoms with Crippen LogP contribution in [-0.2, 0) is 0 Å². The molecule has 4 rings (SSSR count). The van der Waals surface area contributed by atoms with Crippen LogP contribution in [0.4, 0.5) is 11.4 Å². The predicted molar refractivity (Wildman–Crippen MR) is 117 cm³/mol. The number of carbonyl (C=O) groups excluding carboxylic acids is 1. The molecule has 0 radical (unpaired) electrons. The van der Waals surface area contributed by atoms with Crippen LogP contribution < -0.4 is 5.32 Å². The number of hydrogen-bond donors (Lipinski definition) is 1. The van der Waals surface area contributed by atoms with Crippen LogP contribution in [0.5, 0.6) is 0 Å². The summed E-state index contributed by atoms with van der Waals surface area (Å²) in [5.41, 5.74) is 3.80. The van der Waals surface area contributed by atoms with E-state index in [0.29, 0.717) is 28.6 Å². The van der Waals surface area contributed by atoms with Crippen molar-refractivity contribution in [2.24, 2.45) is 0 Å². The van der Waals surface area contributed by atoms with Crippen molar-refractivity contribution in [1.29, 1.82) is 0 Å². The van der Waals surface area contributed by atoms with Gasteiger partial charge in [-0.1, -0.05) is 12.1 Å². The summed E-state index contributed by atoms with van der Waals surface area (Å²) < 4.78 is 7.03. The van der Waals surface area contributed by atoms with Crippen molar-refractivity contribution in [2.45, 2.75) is 20.8 Å². The zero-order valence-electron chi connectivity index (χ0n) is 17.2. The SMILES string of the molecule is Cc1ccc(-c2cc(C(=O)Nc3ccc(C)c(C)c3)n(-c3cccc([N+](=O)[O-])c3)n2)o1. The summed E-state index contributed by atoms with van der Waals surface area (Å²) >= 11 is 0. The number of rotatable bonds is 5. The molecule has 2 aromatic heterocycles. The molecule has 0 aliphatic heterocycles. The molecule has 0 atom stereocenters. The molecule has 0 saturated carbocycles. The molecule has 2 aromatic carbocycles. The summed E-state index contributed by atoms with van der Waals surface area (Å²) in [5, 5.41) is 18.6. The van der Waals surface area contributed by atoms with Gasteiger partial charge < -0.3 is 9.73 Å². The van der Waals surface area contributed by atoms with Gasteiger partial charge in [-0.3, -0.25) is 14.9 Å². The van der Waals surface area contributed by atoms with Crippen LogP contribution in [0.3, 0.4) is 0 Å². The van der Waals surface area contributed by atoms with Crippen molar-refractivity contribution >= 4 is 17.3 Å². The molecule has 8 heteroatoms. The van der Waals surface area contributed by atoms with Crippen LogP contribution in [0.1, 0.15) is 27.4 Å². The monoisotopic (exact) mass is 416 g/mol. The molecular formula is C23H20N4O4. The van der Waals surface area contributed by atoms with Crippen LogP contribution in [0, 0.1) is 30.9 Å². The lowest BCUT2D eigenvalue weighted by molar-refractivity contribution is -0.384. The third-order valence-corrected chi connectivity index (χ3v) is 4.98. The highest BCUT2D eigenvalue weighted by atomic mass is 16.6. The van der Waals surface area contributed by atoms with Crippen LogP contribution in [0.25, 0.3) is 17.1 Å². The zero-order valence-corrected chi connectivity index (χ0v) is 17.2. The first kappa shape index (κ1) is 20.1. The minimum absolute atomic E-state index is 0.0936. The Labute approximate surface area is 178 Å². The highest BCUT2D eigenvalue weighted by molar-refractivity contribution is 6.04. The normalized spacial score (nSPS) is 10.8. The molecule has 0 spiro atoms. The number of nitro groups is 1. The number of anilines is 1. The summed E-state index contributed by atoms with van der Waals surface area (Å²) in [6.45, 7) is 5.78. The fourth-order valence-electron chi connectivity index (χ4n) is 3.18. The van der Waals surface area contributed by atoms with Crippen molar-refractivity contribution in [3.63, 3.8) is 0 Å². The molecule has 2 heterocycles. The van der Waals surface area contributed by atoms with Gasteiger partial charge in [0, 0.05) is 23.9 Å². The molecule has 156 valence electrons. The van der Waals surface area contributed by atoms with E-state index >= 15 is 0 Å². The van der Waals surface area contributed by atoms with Gasteiger partial charge in [-0.05, 0) is 62.2 Å². The lowest BCUT2D eigenvalue weighted by Crippen LogP contribution is -2.17. The van der Waals surface area contributed by atoms with E-state index < -0.39 is 10.8 Å². The third-order valence-electron chi connectivity index (χ3n) is 4.98. The predicted octanol–water partition coefficient (Wildman–Crippen LogP) is 5.22. The highest BCUT2D eigenvalue weighted by Crippen LogP contribution is 2.26. The van der Waals surface area contributed by atoms with E-state index in [0.717, 1.165) is 11.1 Å². The molecule has 0 fully saturated rings. The Hall–Kier alpha value is -4.20. The van der Waals surface area contributed by atoms with Crippen molar-refractivity contribution in [3.05, 3.63) is 93.4 Å². The first-order valence-corrected chi connectivity index (χ1v) is 9.62. The molecule has 0 saturated heterocycles. The Kier molecular flexibility index (Phi) is 5.12. The van der Waals surface area contributed by atoms with Gasteiger partial charge in [0.15, 0.2) is 5.76 Å². The average Bonchev–Trinajstić information content (AvgIpc) is 3.37. The lowest BCUT2D eigenvalue weighted by Gasteiger charge is -2.10. The Morgan fingerprint density at radius 3 is 2.52 bits per heavy atom. The Balaban J connectivity index is 1.78. The molecule has 1 amide bonds. The van der Waals surface area contributed by atoms with Crippen molar-refractivity contribution in [3.8, 4) is 17.1 Å². The summed E-state index contributed by atoms with van der Waals surface area (Å²) in [6.07, 6.45) is 0. The van der Waals surface area contributed by atoms with E-state index in [1.54, 1.807) is 30.3 Å². The number of benzene rings is 2. The van der Waals surface area contributed by atoms with Gasteiger partial charge in [-0.2, -0.15) is 5.10 Å². The van der Waals surface area contributed by atoms with Crippen molar-refractivity contribution < 1.29 is 14.1 Å². The van der Waals surface area contributed by atoms with Crippen molar-refractivity contribution in [1.82, 2.24) is 9.78 Å². The van der Waals surface area contributed by atoms with E-state index in [2.05, 4.69) is 10.4 Å². The summed E-state index contributed by atoms with van der Waals surface area (Å²) in [5.74, 6) is 0.819. The van der Waals surface area contributed by atoms with E-state index in [1.165, 1.54) is 16.8 Å². The van der Waals surface area contributed by atoms with Gasteiger partial charge in [0.05, 0.1) is 10.6 Å². The number of non-ortho nitro benzene ring substituents is 1. The quantitative estimate of drug-likeness (QED) is 0.355. The number of amides is 1. The van der Waals surface area contributed by atoms with Gasteiger partial charge in [0.2, 0.25) is 0 Å². The number of aromatic nitrogens is 2. The number of nitrogens with zero attached hydrogens (tertiary/aromatic N) is 3. The minimum atomic E-state index is -0.487. The maximum atomic E-state index is 13.1. The second kappa shape index (κ2) is 7.91. The van der Waals surface area contributed by atoms with Crippen LogP contribution in [-0.4, -0.2) is 20.6 Å². The number of nitro benzene ring substituents is 1. The Morgan fingerprint density at radius 2 is 1.84 bits per heavy atom. The highest BCUT2D eigenvalue weighted by Gasteiger charge is 2.20. The van der Waals surface area contributed by atoms with Gasteiger partial charge in [0.1, 0.15) is 17.1 Å². The molecule has 0 aliphatic carbocycles. The number of hydrogen-bond acceptors (Lipinski definition) is 5.